The third-order valence-corrected chi connectivity index (χ3v) is 4.32. The zero-order valence-electron chi connectivity index (χ0n) is 11.8. The van der Waals surface area contributed by atoms with Gasteiger partial charge in [-0.1, -0.05) is 13.8 Å². The molecule has 0 spiro atoms. The van der Waals surface area contributed by atoms with Crippen molar-refractivity contribution in [3.63, 3.8) is 0 Å². The molecule has 1 heterocycles. The van der Waals surface area contributed by atoms with Gasteiger partial charge in [0.1, 0.15) is 5.75 Å². The number of ether oxygens (including phenoxy) is 1. The van der Waals surface area contributed by atoms with Gasteiger partial charge in [0.2, 0.25) is 0 Å². The molecule has 1 aromatic rings. The van der Waals surface area contributed by atoms with Crippen molar-refractivity contribution in [3.05, 3.63) is 23.8 Å². The summed E-state index contributed by atoms with van der Waals surface area (Å²) in [6, 6.07) is 5.02. The first-order valence-electron chi connectivity index (χ1n) is 6.71. The molecule has 4 heteroatoms. The zero-order chi connectivity index (χ0) is 14.0. The molecule has 0 unspecified atom stereocenters. The Bertz CT molecular complexity index is 472. The van der Waals surface area contributed by atoms with Crippen LogP contribution in [0, 0.1) is 5.41 Å². The van der Waals surface area contributed by atoms with Crippen molar-refractivity contribution >= 4 is 11.7 Å². The van der Waals surface area contributed by atoms with E-state index in [1.807, 2.05) is 0 Å². The van der Waals surface area contributed by atoms with Crippen LogP contribution >= 0.6 is 0 Å². The first-order valence-corrected chi connectivity index (χ1v) is 6.71. The number of aromatic carboxylic acids is 1. The summed E-state index contributed by atoms with van der Waals surface area (Å²) in [5, 5.41) is 9.08. The van der Waals surface area contributed by atoms with Crippen LogP contribution in [0.5, 0.6) is 5.75 Å². The highest BCUT2D eigenvalue weighted by Crippen LogP contribution is 2.43. The predicted molar refractivity (Wildman–Crippen MR) is 75.2 cm³/mol. The Labute approximate surface area is 114 Å². The lowest BCUT2D eigenvalue weighted by molar-refractivity contribution is 0.0697. The van der Waals surface area contributed by atoms with E-state index in [0.29, 0.717) is 11.0 Å². The van der Waals surface area contributed by atoms with E-state index in [1.54, 1.807) is 25.3 Å². The summed E-state index contributed by atoms with van der Waals surface area (Å²) < 4.78 is 5.34. The minimum Gasteiger partial charge on any atom is -0.495 e. The number of hydrogen-bond donors (Lipinski definition) is 1. The van der Waals surface area contributed by atoms with Crippen LogP contribution < -0.4 is 9.64 Å². The minimum absolute atomic E-state index is 0.307. The molecule has 1 aliphatic rings. The van der Waals surface area contributed by atoms with Crippen LogP contribution in [0.4, 0.5) is 5.69 Å². The fraction of sp³-hybridized carbons (Fsp3) is 0.533. The van der Waals surface area contributed by atoms with E-state index in [-0.39, 0.29) is 0 Å². The van der Waals surface area contributed by atoms with Gasteiger partial charge in [0.15, 0.2) is 0 Å². The molecule has 2 rings (SSSR count). The molecule has 104 valence electrons. The molecule has 0 saturated carbocycles. The lowest BCUT2D eigenvalue weighted by atomic mass is 9.75. The molecule has 4 nitrogen and oxygen atoms in total. The van der Waals surface area contributed by atoms with Crippen LogP contribution in [0.1, 0.15) is 37.0 Å². The third-order valence-electron chi connectivity index (χ3n) is 4.32. The van der Waals surface area contributed by atoms with Crippen LogP contribution in [-0.4, -0.2) is 31.3 Å². The number of methoxy groups -OCH3 is 1. The topological polar surface area (TPSA) is 49.8 Å². The number of benzene rings is 1. The maximum atomic E-state index is 11.1. The SMILES string of the molecule is CCC1(CC)CN(c2cc(C(=O)O)ccc2OC)C1. The van der Waals surface area contributed by atoms with Gasteiger partial charge in [0.05, 0.1) is 18.4 Å². The average Bonchev–Trinajstić information content (AvgIpc) is 2.38. The Morgan fingerprint density at radius 1 is 1.37 bits per heavy atom. The van der Waals surface area contributed by atoms with Crippen LogP contribution in [0.3, 0.4) is 0 Å². The summed E-state index contributed by atoms with van der Waals surface area (Å²) in [7, 11) is 1.62. The van der Waals surface area contributed by atoms with Gasteiger partial charge in [-0.15, -0.1) is 0 Å². The lowest BCUT2D eigenvalue weighted by Crippen LogP contribution is -2.56. The quantitative estimate of drug-likeness (QED) is 0.887. The van der Waals surface area contributed by atoms with Crippen molar-refractivity contribution in [1.82, 2.24) is 0 Å². The Morgan fingerprint density at radius 3 is 2.47 bits per heavy atom. The van der Waals surface area contributed by atoms with Gasteiger partial charge in [-0.25, -0.2) is 4.79 Å². The second-order valence-corrected chi connectivity index (χ2v) is 5.25. The number of carboxylic acid groups (broad SMARTS) is 1. The first-order chi connectivity index (χ1) is 9.05. The summed E-state index contributed by atoms with van der Waals surface area (Å²) in [6.07, 6.45) is 2.31. The molecule has 1 aromatic carbocycles. The van der Waals surface area contributed by atoms with Gasteiger partial charge >= 0.3 is 5.97 Å². The van der Waals surface area contributed by atoms with Gasteiger partial charge in [-0.2, -0.15) is 0 Å². The largest absolute Gasteiger partial charge is 0.495 e. The molecule has 1 saturated heterocycles. The number of hydrogen-bond acceptors (Lipinski definition) is 3. The van der Waals surface area contributed by atoms with Crippen LogP contribution in [-0.2, 0) is 0 Å². The monoisotopic (exact) mass is 263 g/mol. The van der Waals surface area contributed by atoms with E-state index < -0.39 is 5.97 Å². The van der Waals surface area contributed by atoms with Gasteiger partial charge in [-0.05, 0) is 31.0 Å². The van der Waals surface area contributed by atoms with Crippen LogP contribution in [0.2, 0.25) is 0 Å². The fourth-order valence-corrected chi connectivity index (χ4v) is 2.70. The van der Waals surface area contributed by atoms with E-state index in [4.69, 9.17) is 9.84 Å². The molecule has 0 aromatic heterocycles. The highest BCUT2D eigenvalue weighted by molar-refractivity contribution is 5.89. The van der Waals surface area contributed by atoms with Crippen molar-refractivity contribution in [2.45, 2.75) is 26.7 Å². The fourth-order valence-electron chi connectivity index (χ4n) is 2.70. The van der Waals surface area contributed by atoms with E-state index in [0.717, 1.165) is 37.4 Å². The number of carboxylic acids is 1. The Balaban J connectivity index is 2.25. The summed E-state index contributed by atoms with van der Waals surface area (Å²) >= 11 is 0. The summed E-state index contributed by atoms with van der Waals surface area (Å²) in [6.45, 7) is 6.37. The van der Waals surface area contributed by atoms with Crippen molar-refractivity contribution in [2.24, 2.45) is 5.41 Å². The van der Waals surface area contributed by atoms with Gasteiger partial charge in [0, 0.05) is 18.5 Å². The summed E-state index contributed by atoms with van der Waals surface area (Å²) in [5.41, 5.74) is 1.57. The number of nitrogens with zero attached hydrogens (tertiary/aromatic N) is 1. The van der Waals surface area contributed by atoms with E-state index in [9.17, 15) is 4.79 Å². The van der Waals surface area contributed by atoms with Crippen molar-refractivity contribution in [1.29, 1.82) is 0 Å². The molecule has 1 N–H and O–H groups in total. The second-order valence-electron chi connectivity index (χ2n) is 5.25. The van der Waals surface area contributed by atoms with Crippen molar-refractivity contribution in [3.8, 4) is 5.75 Å². The molecular weight excluding hydrogens is 242 g/mol. The van der Waals surface area contributed by atoms with E-state index >= 15 is 0 Å². The van der Waals surface area contributed by atoms with Gasteiger partial charge in [-0.3, -0.25) is 0 Å². The number of carbonyl (C=O) groups is 1. The molecule has 1 fully saturated rings. The summed E-state index contributed by atoms with van der Waals surface area (Å²) in [5.74, 6) is -0.160. The van der Waals surface area contributed by atoms with E-state index in [1.165, 1.54) is 0 Å². The number of anilines is 1. The van der Waals surface area contributed by atoms with Crippen molar-refractivity contribution in [2.75, 3.05) is 25.1 Å². The molecule has 0 radical (unpaired) electrons. The zero-order valence-corrected chi connectivity index (χ0v) is 11.8. The maximum absolute atomic E-state index is 11.1. The minimum atomic E-state index is -0.901. The molecule has 0 amide bonds. The van der Waals surface area contributed by atoms with Crippen LogP contribution in [0.25, 0.3) is 0 Å². The van der Waals surface area contributed by atoms with Gasteiger partial charge < -0.3 is 14.7 Å². The van der Waals surface area contributed by atoms with Gasteiger partial charge in [0.25, 0.3) is 0 Å². The standard InChI is InChI=1S/C15H21NO3/c1-4-15(5-2)9-16(10-15)12-8-11(14(17)18)6-7-13(12)19-3/h6-8H,4-5,9-10H2,1-3H3,(H,17,18). The van der Waals surface area contributed by atoms with Crippen molar-refractivity contribution < 1.29 is 14.6 Å². The molecule has 1 aliphatic heterocycles. The molecule has 0 bridgehead atoms. The predicted octanol–water partition coefficient (Wildman–Crippen LogP) is 3.02. The number of rotatable bonds is 5. The van der Waals surface area contributed by atoms with Crippen LogP contribution in [0.15, 0.2) is 18.2 Å². The normalized spacial score (nSPS) is 16.9. The van der Waals surface area contributed by atoms with E-state index in [2.05, 4.69) is 18.7 Å². The molecular formula is C15H21NO3. The Kier molecular flexibility index (Phi) is 3.69. The Morgan fingerprint density at radius 2 is 2.00 bits per heavy atom. The maximum Gasteiger partial charge on any atom is 0.335 e. The molecule has 0 aliphatic carbocycles. The second kappa shape index (κ2) is 5.11. The summed E-state index contributed by atoms with van der Waals surface area (Å²) in [4.78, 5) is 13.3. The smallest absolute Gasteiger partial charge is 0.335 e. The molecule has 0 atom stereocenters. The third kappa shape index (κ3) is 2.39. The highest BCUT2D eigenvalue weighted by Gasteiger charge is 2.40. The first kappa shape index (κ1) is 13.7. The lowest BCUT2D eigenvalue weighted by Gasteiger charge is -2.51. The molecule has 19 heavy (non-hydrogen) atoms. The average molecular weight is 263 g/mol. The highest BCUT2D eigenvalue weighted by atomic mass is 16.5. The Hall–Kier alpha value is -1.71.